The van der Waals surface area contributed by atoms with Crippen molar-refractivity contribution in [2.45, 2.75) is 44.6 Å². The summed E-state index contributed by atoms with van der Waals surface area (Å²) >= 11 is 0. The van der Waals surface area contributed by atoms with Crippen LogP contribution in [0.2, 0.25) is 0 Å². The predicted octanol–water partition coefficient (Wildman–Crippen LogP) is 1.69. The number of rotatable bonds is 11. The first-order valence-corrected chi connectivity index (χ1v) is 10.8. The zero-order chi connectivity index (χ0) is 26.9. The summed E-state index contributed by atoms with van der Waals surface area (Å²) in [7, 11) is 0. The van der Waals surface area contributed by atoms with Gasteiger partial charge in [0.05, 0.1) is 18.9 Å². The fourth-order valence-corrected chi connectivity index (χ4v) is 3.42. The topological polar surface area (TPSA) is 174 Å². The SMILES string of the molecule is CC(O)CN(Cc1ccc(F)cc1)Cc1ccc2c(c1)OCO2.O=C(O)CC(O)(CC(=O)O)C(=O)O. The van der Waals surface area contributed by atoms with Crippen molar-refractivity contribution in [2.24, 2.45) is 0 Å². The zero-order valence-corrected chi connectivity index (χ0v) is 19.5. The third kappa shape index (κ3) is 9.13. The Morgan fingerprint density at radius 3 is 2.00 bits per heavy atom. The molecule has 12 heteroatoms. The molecule has 0 saturated heterocycles. The van der Waals surface area contributed by atoms with E-state index in [0.29, 0.717) is 19.6 Å². The second-order valence-electron chi connectivity index (χ2n) is 8.31. The van der Waals surface area contributed by atoms with Gasteiger partial charge in [-0.1, -0.05) is 18.2 Å². The van der Waals surface area contributed by atoms with Gasteiger partial charge in [0.25, 0.3) is 0 Å². The first-order valence-electron chi connectivity index (χ1n) is 10.8. The molecule has 1 heterocycles. The number of nitrogens with zero attached hydrogens (tertiary/aromatic N) is 1. The van der Waals surface area contributed by atoms with E-state index in [1.165, 1.54) is 12.1 Å². The molecule has 0 fully saturated rings. The molecule has 1 aliphatic rings. The number of carboxylic acids is 3. The third-order valence-electron chi connectivity index (χ3n) is 4.97. The van der Waals surface area contributed by atoms with Gasteiger partial charge in [-0.15, -0.1) is 0 Å². The van der Waals surface area contributed by atoms with Crippen molar-refractivity contribution >= 4 is 17.9 Å². The maximum absolute atomic E-state index is 13.0. The average molecular weight is 509 g/mol. The molecule has 0 spiro atoms. The quantitative estimate of drug-likeness (QED) is 0.298. The van der Waals surface area contributed by atoms with Crippen LogP contribution in [-0.2, 0) is 27.5 Å². The smallest absolute Gasteiger partial charge is 0.336 e. The molecule has 0 radical (unpaired) electrons. The fraction of sp³-hybridized carbons (Fsp3) is 0.375. The largest absolute Gasteiger partial charge is 0.481 e. The van der Waals surface area contributed by atoms with Crippen LogP contribution in [0.4, 0.5) is 4.39 Å². The van der Waals surface area contributed by atoms with Crippen LogP contribution in [0.3, 0.4) is 0 Å². The Labute approximate surface area is 205 Å². The molecule has 1 aliphatic heterocycles. The number of aliphatic carboxylic acids is 3. The van der Waals surface area contributed by atoms with Gasteiger partial charge in [-0.05, 0) is 42.3 Å². The van der Waals surface area contributed by atoms with Gasteiger partial charge < -0.3 is 35.0 Å². The number of ether oxygens (including phenoxy) is 2. The standard InChI is InChI=1S/C18H20FNO3.C6H8O7/c1-13(21)9-20(10-14-2-5-16(19)6-3-14)11-15-4-7-17-18(8-15)23-12-22-17;7-3(8)1-6(13,5(11)12)2-4(9)10/h2-8,13,21H,9-12H2,1H3;13H,1-2H2,(H,7,8)(H,9,10)(H,11,12). The van der Waals surface area contributed by atoms with Crippen LogP contribution < -0.4 is 9.47 Å². The number of hydrogen-bond acceptors (Lipinski definition) is 8. The molecule has 2 aromatic carbocycles. The Morgan fingerprint density at radius 1 is 0.944 bits per heavy atom. The van der Waals surface area contributed by atoms with Crippen molar-refractivity contribution in [3.63, 3.8) is 0 Å². The van der Waals surface area contributed by atoms with Crippen molar-refractivity contribution in [1.82, 2.24) is 4.90 Å². The molecule has 1 atom stereocenters. The normalized spacial score (nSPS) is 13.0. The molecule has 5 N–H and O–H groups in total. The van der Waals surface area contributed by atoms with Crippen molar-refractivity contribution in [1.29, 1.82) is 0 Å². The zero-order valence-electron chi connectivity index (χ0n) is 19.5. The van der Waals surface area contributed by atoms with E-state index < -0.39 is 42.5 Å². The summed E-state index contributed by atoms with van der Waals surface area (Å²) in [5, 5.41) is 43.5. The van der Waals surface area contributed by atoms with Crippen LogP contribution in [0, 0.1) is 5.82 Å². The number of aliphatic hydroxyl groups is 2. The van der Waals surface area contributed by atoms with E-state index in [1.54, 1.807) is 19.1 Å². The minimum atomic E-state index is -2.74. The molecule has 1 unspecified atom stereocenters. The molecule has 0 aliphatic carbocycles. The van der Waals surface area contributed by atoms with E-state index in [1.807, 2.05) is 18.2 Å². The minimum Gasteiger partial charge on any atom is -0.481 e. The lowest BCUT2D eigenvalue weighted by molar-refractivity contribution is -0.170. The fourth-order valence-electron chi connectivity index (χ4n) is 3.42. The molecule has 11 nitrogen and oxygen atoms in total. The summed E-state index contributed by atoms with van der Waals surface area (Å²) < 4.78 is 23.7. The van der Waals surface area contributed by atoms with Crippen molar-refractivity contribution < 1.29 is 53.8 Å². The number of hydrogen-bond donors (Lipinski definition) is 5. The molecule has 0 bridgehead atoms. The predicted molar refractivity (Wildman–Crippen MR) is 122 cm³/mol. The van der Waals surface area contributed by atoms with E-state index >= 15 is 0 Å². The first kappa shape index (κ1) is 28.5. The lowest BCUT2D eigenvalue weighted by Crippen LogP contribution is -2.42. The average Bonchev–Trinajstić information content (AvgIpc) is 3.22. The Morgan fingerprint density at radius 2 is 1.47 bits per heavy atom. The van der Waals surface area contributed by atoms with Gasteiger partial charge in [-0.3, -0.25) is 14.5 Å². The van der Waals surface area contributed by atoms with E-state index in [9.17, 15) is 23.9 Å². The van der Waals surface area contributed by atoms with Gasteiger partial charge in [0.1, 0.15) is 5.82 Å². The number of aliphatic hydroxyl groups excluding tert-OH is 1. The molecule has 0 amide bonds. The maximum atomic E-state index is 13.0. The molecule has 3 rings (SSSR count). The molecule has 196 valence electrons. The highest BCUT2D eigenvalue weighted by atomic mass is 19.1. The van der Waals surface area contributed by atoms with Crippen LogP contribution >= 0.6 is 0 Å². The number of benzene rings is 2. The second-order valence-corrected chi connectivity index (χ2v) is 8.31. The summed E-state index contributed by atoms with van der Waals surface area (Å²) in [6, 6.07) is 12.3. The van der Waals surface area contributed by atoms with Crippen LogP contribution in [-0.4, -0.2) is 73.4 Å². The highest BCUT2D eigenvalue weighted by Crippen LogP contribution is 2.33. The van der Waals surface area contributed by atoms with Gasteiger partial charge in [0.2, 0.25) is 6.79 Å². The van der Waals surface area contributed by atoms with E-state index in [2.05, 4.69) is 4.90 Å². The van der Waals surface area contributed by atoms with Crippen LogP contribution in [0.15, 0.2) is 42.5 Å². The highest BCUT2D eigenvalue weighted by molar-refractivity contribution is 5.88. The van der Waals surface area contributed by atoms with Crippen LogP contribution in [0.5, 0.6) is 11.5 Å². The number of fused-ring (bicyclic) bond motifs is 1. The molecular weight excluding hydrogens is 481 g/mol. The van der Waals surface area contributed by atoms with Gasteiger partial charge in [-0.25, -0.2) is 9.18 Å². The second kappa shape index (κ2) is 12.8. The molecule has 0 aromatic heterocycles. The molecule has 36 heavy (non-hydrogen) atoms. The van der Waals surface area contributed by atoms with E-state index in [-0.39, 0.29) is 12.6 Å². The lowest BCUT2D eigenvalue weighted by Gasteiger charge is -2.24. The van der Waals surface area contributed by atoms with Gasteiger partial charge in [0.15, 0.2) is 17.1 Å². The van der Waals surface area contributed by atoms with Gasteiger partial charge >= 0.3 is 17.9 Å². The van der Waals surface area contributed by atoms with E-state index in [0.717, 1.165) is 22.6 Å². The Hall–Kier alpha value is -3.74. The highest BCUT2D eigenvalue weighted by Gasteiger charge is 2.40. The third-order valence-corrected chi connectivity index (χ3v) is 4.97. The van der Waals surface area contributed by atoms with Gasteiger partial charge in [-0.2, -0.15) is 0 Å². The molecular formula is C24H28FNO10. The lowest BCUT2D eigenvalue weighted by atomic mass is 9.96. The summed E-state index contributed by atoms with van der Waals surface area (Å²) in [6.07, 6.45) is -2.73. The van der Waals surface area contributed by atoms with Crippen LogP contribution in [0.1, 0.15) is 30.9 Å². The first-order chi connectivity index (χ1) is 16.9. The Balaban J connectivity index is 0.000000302. The Kier molecular flexibility index (Phi) is 10.1. The number of halogens is 1. The summed E-state index contributed by atoms with van der Waals surface area (Å²) in [5.74, 6) is -3.75. The summed E-state index contributed by atoms with van der Waals surface area (Å²) in [6.45, 7) is 3.85. The van der Waals surface area contributed by atoms with Crippen LogP contribution in [0.25, 0.3) is 0 Å². The minimum absolute atomic E-state index is 0.244. The maximum Gasteiger partial charge on any atom is 0.336 e. The summed E-state index contributed by atoms with van der Waals surface area (Å²) in [5.41, 5.74) is -0.651. The number of carbonyl (C=O) groups is 3. The van der Waals surface area contributed by atoms with Gasteiger partial charge in [0, 0.05) is 19.6 Å². The van der Waals surface area contributed by atoms with E-state index in [4.69, 9.17) is 29.9 Å². The summed E-state index contributed by atoms with van der Waals surface area (Å²) in [4.78, 5) is 32.6. The molecule has 0 saturated carbocycles. The van der Waals surface area contributed by atoms with Crippen molar-refractivity contribution in [3.05, 3.63) is 59.4 Å². The van der Waals surface area contributed by atoms with Crippen molar-refractivity contribution in [2.75, 3.05) is 13.3 Å². The van der Waals surface area contributed by atoms with Crippen molar-refractivity contribution in [3.8, 4) is 11.5 Å². The number of carboxylic acid groups (broad SMARTS) is 3. The molecule has 2 aromatic rings. The Bertz CT molecular complexity index is 1040. The monoisotopic (exact) mass is 509 g/mol.